The van der Waals surface area contributed by atoms with Gasteiger partial charge in [-0.15, -0.1) is 0 Å². The molecule has 0 bridgehead atoms. The molecule has 2 atom stereocenters. The summed E-state index contributed by atoms with van der Waals surface area (Å²) in [4.78, 5) is 2.19. The molecule has 0 amide bonds. The van der Waals surface area contributed by atoms with E-state index < -0.39 is 0 Å². The van der Waals surface area contributed by atoms with Gasteiger partial charge in [0.05, 0.1) is 6.10 Å². The van der Waals surface area contributed by atoms with Crippen LogP contribution in [-0.2, 0) is 17.8 Å². The number of benzene rings is 1. The van der Waals surface area contributed by atoms with Gasteiger partial charge in [0.2, 0.25) is 0 Å². The highest BCUT2D eigenvalue weighted by Crippen LogP contribution is 2.21. The van der Waals surface area contributed by atoms with Crippen LogP contribution in [0.2, 0.25) is 0 Å². The molecule has 2 unspecified atom stereocenters. The topological polar surface area (TPSA) is 24.5 Å². The minimum absolute atomic E-state index is 0.127. The van der Waals surface area contributed by atoms with E-state index in [0.29, 0.717) is 12.6 Å². The highest BCUT2D eigenvalue weighted by molar-refractivity contribution is 5.25. The van der Waals surface area contributed by atoms with E-state index in [1.807, 2.05) is 26.2 Å². The fraction of sp³-hybridized carbons (Fsp3) is 0.600. The van der Waals surface area contributed by atoms with Crippen molar-refractivity contribution in [2.75, 3.05) is 20.7 Å². The van der Waals surface area contributed by atoms with Crippen molar-refractivity contribution in [3.63, 3.8) is 0 Å². The first-order valence-electron chi connectivity index (χ1n) is 6.85. The number of nitrogens with one attached hydrogen (secondary N) is 1. The number of ether oxygens (including phenoxy) is 1. The van der Waals surface area contributed by atoms with E-state index in [4.69, 9.17) is 4.74 Å². The van der Waals surface area contributed by atoms with Crippen LogP contribution in [-0.4, -0.2) is 37.7 Å². The molecule has 1 aliphatic rings. The van der Waals surface area contributed by atoms with Crippen molar-refractivity contribution in [1.82, 2.24) is 10.2 Å². The molecular weight excluding hydrogens is 243 g/mol. The van der Waals surface area contributed by atoms with Crippen LogP contribution in [0.1, 0.15) is 24.5 Å². The van der Waals surface area contributed by atoms with Crippen LogP contribution in [0.4, 0.5) is 4.39 Å². The van der Waals surface area contributed by atoms with Crippen LogP contribution in [0.25, 0.3) is 0 Å². The number of likely N-dealkylation sites (N-methyl/N-ethyl adjacent to an activating group) is 1. The maximum atomic E-state index is 13.9. The van der Waals surface area contributed by atoms with E-state index >= 15 is 0 Å². The van der Waals surface area contributed by atoms with Crippen molar-refractivity contribution in [2.24, 2.45) is 0 Å². The Kier molecular flexibility index (Phi) is 4.91. The van der Waals surface area contributed by atoms with Crippen molar-refractivity contribution in [3.8, 4) is 0 Å². The summed E-state index contributed by atoms with van der Waals surface area (Å²) in [5.41, 5.74) is 1.87. The molecule has 0 aliphatic carbocycles. The Labute approximate surface area is 114 Å². The Bertz CT molecular complexity index is 425. The van der Waals surface area contributed by atoms with Crippen LogP contribution in [0.3, 0.4) is 0 Å². The third kappa shape index (κ3) is 3.53. The maximum absolute atomic E-state index is 13.9. The highest BCUT2D eigenvalue weighted by atomic mass is 19.1. The van der Waals surface area contributed by atoms with Gasteiger partial charge in [-0.3, -0.25) is 4.90 Å². The van der Waals surface area contributed by atoms with Crippen LogP contribution in [0, 0.1) is 5.82 Å². The van der Waals surface area contributed by atoms with Crippen molar-refractivity contribution in [2.45, 2.75) is 38.6 Å². The van der Waals surface area contributed by atoms with Crippen LogP contribution >= 0.6 is 0 Å². The molecule has 1 aromatic carbocycles. The zero-order valence-corrected chi connectivity index (χ0v) is 11.9. The van der Waals surface area contributed by atoms with Crippen LogP contribution in [0.15, 0.2) is 18.2 Å². The molecule has 0 spiro atoms. The summed E-state index contributed by atoms with van der Waals surface area (Å²) >= 11 is 0. The minimum atomic E-state index is -0.127. The summed E-state index contributed by atoms with van der Waals surface area (Å²) in [5.74, 6) is -0.127. The molecule has 1 N–H and O–H groups in total. The van der Waals surface area contributed by atoms with Gasteiger partial charge in [-0.1, -0.05) is 12.1 Å². The van der Waals surface area contributed by atoms with Gasteiger partial charge in [-0.05, 0) is 39.1 Å². The predicted molar refractivity (Wildman–Crippen MR) is 74.4 cm³/mol. The highest BCUT2D eigenvalue weighted by Gasteiger charge is 2.28. The van der Waals surface area contributed by atoms with Crippen molar-refractivity contribution in [3.05, 3.63) is 35.1 Å². The van der Waals surface area contributed by atoms with E-state index in [0.717, 1.165) is 30.7 Å². The summed E-state index contributed by atoms with van der Waals surface area (Å²) in [6.07, 6.45) is 1.25. The Hall–Kier alpha value is -0.970. The largest absolute Gasteiger partial charge is 0.377 e. The first-order chi connectivity index (χ1) is 9.11. The average Bonchev–Trinajstić information content (AvgIpc) is 2.80. The fourth-order valence-corrected chi connectivity index (χ4v) is 2.75. The molecule has 1 aromatic rings. The number of hydrogen-bond acceptors (Lipinski definition) is 3. The smallest absolute Gasteiger partial charge is 0.127 e. The molecule has 1 saturated heterocycles. The second kappa shape index (κ2) is 6.46. The van der Waals surface area contributed by atoms with E-state index in [-0.39, 0.29) is 11.9 Å². The Morgan fingerprint density at radius 1 is 1.47 bits per heavy atom. The Balaban J connectivity index is 2.06. The lowest BCUT2D eigenvalue weighted by atomic mass is 10.1. The summed E-state index contributed by atoms with van der Waals surface area (Å²) in [6.45, 7) is 4.28. The molecule has 1 aliphatic heterocycles. The van der Waals surface area contributed by atoms with E-state index in [2.05, 4.69) is 17.1 Å². The molecule has 19 heavy (non-hydrogen) atoms. The van der Waals surface area contributed by atoms with Crippen LogP contribution in [0.5, 0.6) is 0 Å². The quantitative estimate of drug-likeness (QED) is 0.884. The van der Waals surface area contributed by atoms with Crippen LogP contribution < -0.4 is 5.32 Å². The van der Waals surface area contributed by atoms with Gasteiger partial charge in [0, 0.05) is 31.3 Å². The van der Waals surface area contributed by atoms with Crippen molar-refractivity contribution < 1.29 is 9.13 Å². The third-order valence-electron chi connectivity index (χ3n) is 3.81. The maximum Gasteiger partial charge on any atom is 0.127 e. The number of halogens is 1. The number of hydrogen-bond donors (Lipinski definition) is 1. The monoisotopic (exact) mass is 266 g/mol. The van der Waals surface area contributed by atoms with Gasteiger partial charge in [0.25, 0.3) is 0 Å². The van der Waals surface area contributed by atoms with Gasteiger partial charge in [-0.2, -0.15) is 0 Å². The lowest BCUT2D eigenvalue weighted by molar-refractivity contribution is 0.0810. The summed E-state index contributed by atoms with van der Waals surface area (Å²) in [6, 6.07) is 5.72. The summed E-state index contributed by atoms with van der Waals surface area (Å²) < 4.78 is 19.4. The normalized spacial score (nSPS) is 23.2. The lowest BCUT2D eigenvalue weighted by Crippen LogP contribution is -2.36. The fourth-order valence-electron chi connectivity index (χ4n) is 2.75. The molecule has 3 nitrogen and oxygen atoms in total. The molecule has 1 fully saturated rings. The van der Waals surface area contributed by atoms with Gasteiger partial charge in [0.15, 0.2) is 0 Å². The second-order valence-electron chi connectivity index (χ2n) is 5.30. The van der Waals surface area contributed by atoms with Gasteiger partial charge >= 0.3 is 0 Å². The molecular formula is C15H23FN2O. The molecule has 0 radical (unpaired) electrons. The van der Waals surface area contributed by atoms with Crippen molar-refractivity contribution >= 4 is 0 Å². The van der Waals surface area contributed by atoms with E-state index in [1.165, 1.54) is 0 Å². The molecule has 4 heteroatoms. The number of rotatable bonds is 5. The molecule has 2 rings (SSSR count). The van der Waals surface area contributed by atoms with E-state index in [9.17, 15) is 4.39 Å². The third-order valence-corrected chi connectivity index (χ3v) is 3.81. The molecule has 0 aromatic heterocycles. The Morgan fingerprint density at radius 2 is 2.26 bits per heavy atom. The summed E-state index contributed by atoms with van der Waals surface area (Å²) in [5, 5.41) is 3.09. The van der Waals surface area contributed by atoms with Gasteiger partial charge in [-0.25, -0.2) is 4.39 Å². The zero-order valence-electron chi connectivity index (χ0n) is 11.9. The summed E-state index contributed by atoms with van der Waals surface area (Å²) in [7, 11) is 3.94. The predicted octanol–water partition coefficient (Wildman–Crippen LogP) is 2.15. The van der Waals surface area contributed by atoms with Crippen molar-refractivity contribution in [1.29, 1.82) is 0 Å². The molecule has 106 valence electrons. The minimum Gasteiger partial charge on any atom is -0.377 e. The molecule has 1 heterocycles. The first kappa shape index (κ1) is 14.4. The first-order valence-corrected chi connectivity index (χ1v) is 6.85. The lowest BCUT2D eigenvalue weighted by Gasteiger charge is -2.26. The molecule has 0 saturated carbocycles. The standard InChI is InChI=1S/C15H23FN2O/c1-11-15(6-7-19-11)18(3)10-13-8-12(9-17-2)4-5-14(13)16/h4-5,8,11,15,17H,6-7,9-10H2,1-3H3. The van der Waals surface area contributed by atoms with Gasteiger partial charge < -0.3 is 10.1 Å². The SMILES string of the molecule is CNCc1ccc(F)c(CN(C)C2CCOC2C)c1. The van der Waals surface area contributed by atoms with E-state index in [1.54, 1.807) is 6.07 Å². The Morgan fingerprint density at radius 3 is 2.89 bits per heavy atom. The van der Waals surface area contributed by atoms with Gasteiger partial charge in [0.1, 0.15) is 5.82 Å². The number of nitrogens with zero attached hydrogens (tertiary/aromatic N) is 1. The second-order valence-corrected chi connectivity index (χ2v) is 5.30. The zero-order chi connectivity index (χ0) is 13.8. The average molecular weight is 266 g/mol.